The minimum Gasteiger partial charge on any atom is -0.374 e. The number of hydrogen-bond donors (Lipinski definition) is 1. The molecule has 0 aliphatic heterocycles. The van der Waals surface area contributed by atoms with Crippen LogP contribution in [0.3, 0.4) is 0 Å². The monoisotopic (exact) mass is 185 g/mol. The lowest BCUT2D eigenvalue weighted by Crippen LogP contribution is -2.39. The normalized spacial score (nSPS) is 28.8. The van der Waals surface area contributed by atoms with Gasteiger partial charge in [0.1, 0.15) is 6.61 Å². The highest BCUT2D eigenvalue weighted by molar-refractivity contribution is 5.83. The second-order valence-corrected chi connectivity index (χ2v) is 3.66. The Morgan fingerprint density at radius 1 is 1.46 bits per heavy atom. The van der Waals surface area contributed by atoms with Crippen molar-refractivity contribution in [1.29, 1.82) is 0 Å². The Hall–Kier alpha value is -0.410. The molecule has 2 atom stereocenters. The molecule has 1 fully saturated rings. The van der Waals surface area contributed by atoms with E-state index in [9.17, 15) is 4.79 Å². The lowest BCUT2D eigenvalue weighted by atomic mass is 9.82. The number of rotatable bonds is 4. The van der Waals surface area contributed by atoms with Crippen molar-refractivity contribution in [3.8, 4) is 0 Å². The van der Waals surface area contributed by atoms with Crippen LogP contribution in [0.25, 0.3) is 0 Å². The van der Waals surface area contributed by atoms with Crippen molar-refractivity contribution in [2.75, 3.05) is 13.2 Å². The molecular formula is C10H19NO2. The molecule has 0 saturated heterocycles. The van der Waals surface area contributed by atoms with Gasteiger partial charge in [-0.3, -0.25) is 4.79 Å². The summed E-state index contributed by atoms with van der Waals surface area (Å²) in [4.78, 5) is 11.6. The fourth-order valence-corrected chi connectivity index (χ4v) is 1.87. The summed E-state index contributed by atoms with van der Waals surface area (Å²) in [5.41, 5.74) is 5.88. The molecule has 0 bridgehead atoms. The van der Waals surface area contributed by atoms with Gasteiger partial charge in [0.25, 0.3) is 0 Å². The quantitative estimate of drug-likeness (QED) is 0.713. The molecule has 0 aromatic heterocycles. The molecule has 2 unspecified atom stereocenters. The van der Waals surface area contributed by atoms with Gasteiger partial charge in [0.15, 0.2) is 5.78 Å². The number of carbonyl (C=O) groups is 1. The predicted octanol–water partition coefficient (Wildman–Crippen LogP) is 1.11. The van der Waals surface area contributed by atoms with Crippen LogP contribution >= 0.6 is 0 Å². The van der Waals surface area contributed by atoms with E-state index in [1.54, 1.807) is 0 Å². The van der Waals surface area contributed by atoms with E-state index in [0.29, 0.717) is 6.61 Å². The fourth-order valence-electron chi connectivity index (χ4n) is 1.87. The Kier molecular flexibility index (Phi) is 4.39. The summed E-state index contributed by atoms with van der Waals surface area (Å²) >= 11 is 0. The molecule has 0 spiro atoms. The molecular weight excluding hydrogens is 166 g/mol. The number of carbonyl (C=O) groups excluding carboxylic acids is 1. The first-order valence-electron chi connectivity index (χ1n) is 5.11. The summed E-state index contributed by atoms with van der Waals surface area (Å²) in [7, 11) is 0. The van der Waals surface area contributed by atoms with E-state index in [2.05, 4.69) is 0 Å². The van der Waals surface area contributed by atoms with E-state index in [1.165, 1.54) is 6.42 Å². The van der Waals surface area contributed by atoms with Crippen LogP contribution in [0.5, 0.6) is 0 Å². The van der Waals surface area contributed by atoms with Crippen LogP contribution in [0.1, 0.15) is 32.6 Å². The van der Waals surface area contributed by atoms with Gasteiger partial charge >= 0.3 is 0 Å². The van der Waals surface area contributed by atoms with Gasteiger partial charge in [-0.15, -0.1) is 0 Å². The van der Waals surface area contributed by atoms with Crippen LogP contribution in [0.2, 0.25) is 0 Å². The molecule has 1 saturated carbocycles. The summed E-state index contributed by atoms with van der Waals surface area (Å²) in [5, 5.41) is 0. The van der Waals surface area contributed by atoms with E-state index >= 15 is 0 Å². The van der Waals surface area contributed by atoms with Crippen molar-refractivity contribution in [3.63, 3.8) is 0 Å². The first-order chi connectivity index (χ1) is 6.25. The van der Waals surface area contributed by atoms with Crippen LogP contribution in [0.15, 0.2) is 0 Å². The van der Waals surface area contributed by atoms with Crippen LogP contribution in [-0.4, -0.2) is 25.0 Å². The van der Waals surface area contributed by atoms with Crippen LogP contribution in [0.4, 0.5) is 0 Å². The maximum Gasteiger partial charge on any atom is 0.163 e. The van der Waals surface area contributed by atoms with Gasteiger partial charge in [0.05, 0.1) is 0 Å². The van der Waals surface area contributed by atoms with Crippen molar-refractivity contribution < 1.29 is 9.53 Å². The van der Waals surface area contributed by atoms with Crippen molar-refractivity contribution in [3.05, 3.63) is 0 Å². The Morgan fingerprint density at radius 3 is 2.77 bits per heavy atom. The number of Topliss-reactive ketones (excluding diaryl/α,β-unsaturated/α-hetero) is 1. The van der Waals surface area contributed by atoms with Gasteiger partial charge < -0.3 is 10.5 Å². The molecule has 0 aromatic carbocycles. The summed E-state index contributed by atoms with van der Waals surface area (Å²) in [6, 6.07) is 0.0710. The smallest absolute Gasteiger partial charge is 0.163 e. The first kappa shape index (κ1) is 10.7. The molecule has 1 aliphatic rings. The summed E-state index contributed by atoms with van der Waals surface area (Å²) in [6.45, 7) is 2.75. The maximum absolute atomic E-state index is 11.6. The predicted molar refractivity (Wildman–Crippen MR) is 51.4 cm³/mol. The van der Waals surface area contributed by atoms with Gasteiger partial charge in [-0.25, -0.2) is 0 Å². The molecule has 3 heteroatoms. The Balaban J connectivity index is 2.35. The number of ether oxygens (including phenoxy) is 1. The van der Waals surface area contributed by atoms with Crippen molar-refractivity contribution in [2.45, 2.75) is 38.6 Å². The second-order valence-electron chi connectivity index (χ2n) is 3.66. The maximum atomic E-state index is 11.6. The Morgan fingerprint density at radius 2 is 2.15 bits per heavy atom. The highest BCUT2D eigenvalue weighted by Gasteiger charge is 2.27. The van der Waals surface area contributed by atoms with E-state index in [-0.39, 0.29) is 24.3 Å². The number of hydrogen-bond acceptors (Lipinski definition) is 3. The van der Waals surface area contributed by atoms with E-state index < -0.39 is 0 Å². The third kappa shape index (κ3) is 3.08. The molecule has 2 N–H and O–H groups in total. The largest absolute Gasteiger partial charge is 0.374 e. The Bertz CT molecular complexity index is 170. The van der Waals surface area contributed by atoms with Gasteiger partial charge in [-0.05, 0) is 19.8 Å². The van der Waals surface area contributed by atoms with Crippen molar-refractivity contribution in [1.82, 2.24) is 0 Å². The SMILES string of the molecule is CCOCC(=O)C1CCCCC1N. The topological polar surface area (TPSA) is 52.3 Å². The van der Waals surface area contributed by atoms with E-state index in [1.807, 2.05) is 6.92 Å². The average Bonchev–Trinajstić information content (AvgIpc) is 2.15. The zero-order valence-corrected chi connectivity index (χ0v) is 8.29. The highest BCUT2D eigenvalue weighted by atomic mass is 16.5. The van der Waals surface area contributed by atoms with E-state index in [4.69, 9.17) is 10.5 Å². The van der Waals surface area contributed by atoms with Gasteiger partial charge in [-0.1, -0.05) is 12.8 Å². The third-order valence-corrected chi connectivity index (χ3v) is 2.68. The first-order valence-corrected chi connectivity index (χ1v) is 5.11. The van der Waals surface area contributed by atoms with Crippen LogP contribution in [0, 0.1) is 5.92 Å². The van der Waals surface area contributed by atoms with E-state index in [0.717, 1.165) is 19.3 Å². The molecule has 1 aliphatic carbocycles. The molecule has 76 valence electrons. The number of ketones is 1. The minimum absolute atomic E-state index is 0.0558. The van der Waals surface area contributed by atoms with Crippen LogP contribution in [-0.2, 0) is 9.53 Å². The molecule has 13 heavy (non-hydrogen) atoms. The summed E-state index contributed by atoms with van der Waals surface area (Å²) in [5.74, 6) is 0.245. The molecule has 0 amide bonds. The van der Waals surface area contributed by atoms with Gasteiger partial charge in [0, 0.05) is 18.6 Å². The molecule has 0 heterocycles. The second kappa shape index (κ2) is 5.35. The lowest BCUT2D eigenvalue weighted by Gasteiger charge is -2.27. The zero-order chi connectivity index (χ0) is 9.68. The fraction of sp³-hybridized carbons (Fsp3) is 0.900. The van der Waals surface area contributed by atoms with Crippen LogP contribution < -0.4 is 5.73 Å². The molecule has 1 rings (SSSR count). The zero-order valence-electron chi connectivity index (χ0n) is 8.29. The molecule has 3 nitrogen and oxygen atoms in total. The Labute approximate surface area is 79.6 Å². The van der Waals surface area contributed by atoms with Crippen molar-refractivity contribution in [2.24, 2.45) is 11.7 Å². The standard InChI is InChI=1S/C10H19NO2/c1-2-13-7-10(12)8-5-3-4-6-9(8)11/h8-9H,2-7,11H2,1H3. The molecule has 0 radical (unpaired) electrons. The third-order valence-electron chi connectivity index (χ3n) is 2.68. The van der Waals surface area contributed by atoms with Gasteiger partial charge in [-0.2, -0.15) is 0 Å². The highest BCUT2D eigenvalue weighted by Crippen LogP contribution is 2.23. The lowest BCUT2D eigenvalue weighted by molar-refractivity contribution is -0.128. The molecule has 0 aromatic rings. The average molecular weight is 185 g/mol. The van der Waals surface area contributed by atoms with Gasteiger partial charge in [0.2, 0.25) is 0 Å². The summed E-state index contributed by atoms with van der Waals surface area (Å²) < 4.78 is 5.09. The number of nitrogens with two attached hydrogens (primary N) is 1. The van der Waals surface area contributed by atoms with Crippen molar-refractivity contribution >= 4 is 5.78 Å². The minimum atomic E-state index is 0.0558. The summed E-state index contributed by atoms with van der Waals surface area (Å²) in [6.07, 6.45) is 4.24.